The van der Waals surface area contributed by atoms with E-state index in [2.05, 4.69) is 15.6 Å². The summed E-state index contributed by atoms with van der Waals surface area (Å²) in [5.74, 6) is 0.551. The number of nitrogens with one attached hydrogen (secondary N) is 2. The summed E-state index contributed by atoms with van der Waals surface area (Å²) in [5, 5.41) is 6.54. The predicted molar refractivity (Wildman–Crippen MR) is 117 cm³/mol. The first-order valence-electron chi connectivity index (χ1n) is 9.69. The van der Waals surface area contributed by atoms with Crippen molar-refractivity contribution >= 4 is 35.8 Å². The van der Waals surface area contributed by atoms with Gasteiger partial charge < -0.3 is 15.5 Å². The zero-order chi connectivity index (χ0) is 18.4. The summed E-state index contributed by atoms with van der Waals surface area (Å²) in [6.07, 6.45) is 5.46. The molecule has 2 N–H and O–H groups in total. The molecule has 7 heteroatoms. The highest BCUT2D eigenvalue weighted by molar-refractivity contribution is 14.0. The summed E-state index contributed by atoms with van der Waals surface area (Å²) < 4.78 is 13.5. The Morgan fingerprint density at radius 2 is 1.96 bits per heavy atom. The number of hydrogen-bond donors (Lipinski definition) is 2. The van der Waals surface area contributed by atoms with E-state index in [0.717, 1.165) is 50.9 Å². The number of likely N-dealkylation sites (tertiary alicyclic amines) is 1. The van der Waals surface area contributed by atoms with E-state index in [1.165, 1.54) is 12.5 Å². The molecule has 0 aromatic heterocycles. The van der Waals surface area contributed by atoms with E-state index < -0.39 is 0 Å². The fraction of sp³-hybridized carbons (Fsp3) is 0.600. The number of aliphatic imine (C=N–C) groups is 1. The molecule has 1 amide bonds. The Labute approximate surface area is 178 Å². The average Bonchev–Trinajstić information content (AvgIpc) is 3.46. The summed E-state index contributed by atoms with van der Waals surface area (Å²) in [7, 11) is 0. The molecule has 0 unspecified atom stereocenters. The lowest BCUT2D eigenvalue weighted by molar-refractivity contribution is -0.130. The van der Waals surface area contributed by atoms with Gasteiger partial charge in [0.15, 0.2) is 5.96 Å². The maximum absolute atomic E-state index is 13.5. The van der Waals surface area contributed by atoms with Gasteiger partial charge in [-0.1, -0.05) is 12.1 Å². The van der Waals surface area contributed by atoms with Crippen molar-refractivity contribution in [3.63, 3.8) is 0 Å². The molecule has 1 saturated carbocycles. The molecule has 1 aliphatic carbocycles. The van der Waals surface area contributed by atoms with Crippen LogP contribution >= 0.6 is 24.0 Å². The molecule has 1 aromatic rings. The van der Waals surface area contributed by atoms with Crippen LogP contribution < -0.4 is 10.6 Å². The van der Waals surface area contributed by atoms with Crippen LogP contribution in [0.15, 0.2) is 29.3 Å². The summed E-state index contributed by atoms with van der Waals surface area (Å²) in [6.45, 7) is 5.30. The van der Waals surface area contributed by atoms with Crippen molar-refractivity contribution in [2.45, 2.75) is 44.4 Å². The van der Waals surface area contributed by atoms with Crippen LogP contribution in [-0.4, -0.2) is 49.5 Å². The fourth-order valence-electron chi connectivity index (χ4n) is 3.52. The Bertz CT molecular complexity index is 657. The zero-order valence-corrected chi connectivity index (χ0v) is 18.3. The summed E-state index contributed by atoms with van der Waals surface area (Å²) >= 11 is 0. The number of guanidine groups is 1. The van der Waals surface area contributed by atoms with Gasteiger partial charge in [-0.3, -0.25) is 4.79 Å². The number of amides is 1. The van der Waals surface area contributed by atoms with Crippen LogP contribution in [-0.2, 0) is 10.2 Å². The minimum absolute atomic E-state index is 0. The highest BCUT2D eigenvalue weighted by Crippen LogP contribution is 2.47. The largest absolute Gasteiger partial charge is 0.357 e. The van der Waals surface area contributed by atoms with Crippen LogP contribution in [0.1, 0.15) is 44.6 Å². The standard InChI is InChI=1S/C20H29FN4O.HI/c1-2-22-19(23-14-18(26)25-11-4-3-5-12-25)24-15-20(9-10-20)16-7-6-8-17(21)13-16;/h6-8,13H,2-5,9-12,14-15H2,1H3,(H2,22,23,24);1H. The second-order valence-corrected chi connectivity index (χ2v) is 7.28. The van der Waals surface area contributed by atoms with Crippen molar-refractivity contribution in [3.05, 3.63) is 35.6 Å². The van der Waals surface area contributed by atoms with Crippen molar-refractivity contribution in [2.24, 2.45) is 4.99 Å². The van der Waals surface area contributed by atoms with Gasteiger partial charge >= 0.3 is 0 Å². The molecule has 0 bridgehead atoms. The van der Waals surface area contributed by atoms with Crippen molar-refractivity contribution in [3.8, 4) is 0 Å². The van der Waals surface area contributed by atoms with Gasteiger partial charge in [-0.25, -0.2) is 9.38 Å². The first-order valence-corrected chi connectivity index (χ1v) is 9.69. The van der Waals surface area contributed by atoms with Crippen LogP contribution in [0.5, 0.6) is 0 Å². The number of piperidine rings is 1. The average molecular weight is 488 g/mol. The molecule has 1 heterocycles. The van der Waals surface area contributed by atoms with Gasteiger partial charge in [-0.05, 0) is 56.7 Å². The fourth-order valence-corrected chi connectivity index (χ4v) is 3.52. The highest BCUT2D eigenvalue weighted by Gasteiger charge is 2.44. The van der Waals surface area contributed by atoms with E-state index in [1.807, 2.05) is 17.9 Å². The molecule has 1 saturated heterocycles. The van der Waals surface area contributed by atoms with E-state index in [4.69, 9.17) is 0 Å². The maximum atomic E-state index is 13.5. The van der Waals surface area contributed by atoms with Gasteiger partial charge in [-0.15, -0.1) is 24.0 Å². The van der Waals surface area contributed by atoms with Gasteiger partial charge in [0.2, 0.25) is 5.91 Å². The number of carbonyl (C=O) groups is 1. The third kappa shape index (κ3) is 6.05. The number of rotatable bonds is 6. The quantitative estimate of drug-likeness (QED) is 0.368. The lowest BCUT2D eigenvalue weighted by Gasteiger charge is -2.26. The zero-order valence-electron chi connectivity index (χ0n) is 16.0. The van der Waals surface area contributed by atoms with Crippen molar-refractivity contribution in [1.29, 1.82) is 0 Å². The first kappa shape index (κ1) is 21.9. The normalized spacial score (nSPS) is 18.4. The molecule has 2 aliphatic rings. The lowest BCUT2D eigenvalue weighted by Crippen LogP contribution is -2.42. The molecule has 0 spiro atoms. The summed E-state index contributed by atoms with van der Waals surface area (Å²) in [4.78, 5) is 18.7. The first-order chi connectivity index (χ1) is 12.6. The molecule has 5 nitrogen and oxygen atoms in total. The van der Waals surface area contributed by atoms with E-state index >= 15 is 0 Å². The molecule has 2 fully saturated rings. The molecule has 27 heavy (non-hydrogen) atoms. The second-order valence-electron chi connectivity index (χ2n) is 7.28. The van der Waals surface area contributed by atoms with E-state index in [1.54, 1.807) is 12.1 Å². The van der Waals surface area contributed by atoms with Crippen molar-refractivity contribution in [1.82, 2.24) is 15.5 Å². The topological polar surface area (TPSA) is 56.7 Å². The molecule has 150 valence electrons. The third-order valence-corrected chi connectivity index (χ3v) is 5.31. The predicted octanol–water partition coefficient (Wildman–Crippen LogP) is 3.04. The smallest absolute Gasteiger partial charge is 0.244 e. The Kier molecular flexibility index (Phi) is 8.31. The number of carbonyl (C=O) groups excluding carboxylic acids is 1. The molecule has 0 radical (unpaired) electrons. The molecule has 0 atom stereocenters. The Hall–Kier alpha value is -1.38. The van der Waals surface area contributed by atoms with Crippen LogP contribution in [0.3, 0.4) is 0 Å². The van der Waals surface area contributed by atoms with Crippen LogP contribution in [0.4, 0.5) is 4.39 Å². The number of halogens is 2. The number of nitrogens with zero attached hydrogens (tertiary/aromatic N) is 2. The SMILES string of the molecule is CCNC(=NCC(=O)N1CCCCC1)NCC1(c2cccc(F)c2)CC1.I. The van der Waals surface area contributed by atoms with E-state index in [9.17, 15) is 9.18 Å². The van der Waals surface area contributed by atoms with Gasteiger partial charge in [0, 0.05) is 31.6 Å². The summed E-state index contributed by atoms with van der Waals surface area (Å²) in [5.41, 5.74) is 1.01. The third-order valence-electron chi connectivity index (χ3n) is 5.31. The molecule has 1 aliphatic heterocycles. The minimum Gasteiger partial charge on any atom is -0.357 e. The van der Waals surface area contributed by atoms with Crippen LogP contribution in [0.2, 0.25) is 0 Å². The molecule has 3 rings (SSSR count). The monoisotopic (exact) mass is 488 g/mol. The van der Waals surface area contributed by atoms with Crippen LogP contribution in [0.25, 0.3) is 0 Å². The Morgan fingerprint density at radius 1 is 1.22 bits per heavy atom. The van der Waals surface area contributed by atoms with E-state index in [0.29, 0.717) is 12.5 Å². The maximum Gasteiger partial charge on any atom is 0.244 e. The van der Waals surface area contributed by atoms with Crippen LogP contribution in [0, 0.1) is 5.82 Å². The minimum atomic E-state index is -0.193. The van der Waals surface area contributed by atoms with Crippen molar-refractivity contribution in [2.75, 3.05) is 32.7 Å². The Morgan fingerprint density at radius 3 is 2.59 bits per heavy atom. The second kappa shape index (κ2) is 10.2. The number of hydrogen-bond acceptors (Lipinski definition) is 2. The van der Waals surface area contributed by atoms with Gasteiger partial charge in [-0.2, -0.15) is 0 Å². The summed E-state index contributed by atoms with van der Waals surface area (Å²) in [6, 6.07) is 6.85. The van der Waals surface area contributed by atoms with Crippen molar-refractivity contribution < 1.29 is 9.18 Å². The molecular formula is C20H30FIN4O. The molecule has 1 aromatic carbocycles. The highest BCUT2D eigenvalue weighted by atomic mass is 127. The van der Waals surface area contributed by atoms with E-state index in [-0.39, 0.29) is 47.7 Å². The van der Waals surface area contributed by atoms with Gasteiger partial charge in [0.1, 0.15) is 12.4 Å². The van der Waals surface area contributed by atoms with Gasteiger partial charge in [0.05, 0.1) is 0 Å². The molecular weight excluding hydrogens is 458 g/mol. The lowest BCUT2D eigenvalue weighted by atomic mass is 9.96. The number of benzene rings is 1. The van der Waals surface area contributed by atoms with Gasteiger partial charge in [0.25, 0.3) is 0 Å². The Balaban J connectivity index is 0.00000261.